The molecule has 0 atom stereocenters. The van der Waals surface area contributed by atoms with Crippen LogP contribution in [0.4, 0.5) is 5.95 Å². The van der Waals surface area contributed by atoms with Crippen LogP contribution in [0, 0.1) is 6.92 Å². The largest absolute Gasteiger partial charge is 0.344 e. The molecule has 7 nitrogen and oxygen atoms in total. The van der Waals surface area contributed by atoms with Crippen molar-refractivity contribution in [3.63, 3.8) is 0 Å². The van der Waals surface area contributed by atoms with Crippen molar-refractivity contribution in [3.05, 3.63) is 29.3 Å². The van der Waals surface area contributed by atoms with E-state index in [1.165, 1.54) is 0 Å². The molecule has 1 fully saturated rings. The third kappa shape index (κ3) is 3.56. The predicted molar refractivity (Wildman–Crippen MR) is 91.2 cm³/mol. The van der Waals surface area contributed by atoms with Crippen LogP contribution in [0.2, 0.25) is 0 Å². The van der Waals surface area contributed by atoms with Crippen LogP contribution in [0.3, 0.4) is 0 Å². The van der Waals surface area contributed by atoms with Crippen molar-refractivity contribution in [3.8, 4) is 0 Å². The van der Waals surface area contributed by atoms with Gasteiger partial charge < -0.3 is 9.88 Å². The van der Waals surface area contributed by atoms with E-state index in [-0.39, 0.29) is 18.3 Å². The number of carbonyl (C=O) groups is 1. The van der Waals surface area contributed by atoms with Gasteiger partial charge in [0.15, 0.2) is 5.82 Å². The van der Waals surface area contributed by atoms with Crippen LogP contribution in [-0.2, 0) is 14.1 Å². The lowest BCUT2D eigenvalue weighted by molar-refractivity contribution is 0.101. The molecular formula is C15H23ClN6O. The summed E-state index contributed by atoms with van der Waals surface area (Å²) in [7, 11) is 3.69. The minimum atomic E-state index is -0.164. The van der Waals surface area contributed by atoms with Gasteiger partial charge in [0.1, 0.15) is 5.69 Å². The molecule has 0 aliphatic carbocycles. The van der Waals surface area contributed by atoms with Crippen LogP contribution in [0.25, 0.3) is 0 Å². The summed E-state index contributed by atoms with van der Waals surface area (Å²) in [6, 6.07) is 3.74. The fraction of sp³-hybridized carbons (Fsp3) is 0.533. The SMILES string of the molecule is Cc1ccc(C(=O)Nc2nc(C3CCNCC3)nn2C)n1C.Cl. The summed E-state index contributed by atoms with van der Waals surface area (Å²) >= 11 is 0. The zero-order valence-corrected chi connectivity index (χ0v) is 14.5. The van der Waals surface area contributed by atoms with Gasteiger partial charge in [0, 0.05) is 25.7 Å². The molecule has 23 heavy (non-hydrogen) atoms. The van der Waals surface area contributed by atoms with Crippen molar-refractivity contribution >= 4 is 24.3 Å². The molecule has 1 aliphatic heterocycles. The molecule has 0 radical (unpaired) electrons. The highest BCUT2D eigenvalue weighted by Gasteiger charge is 2.22. The van der Waals surface area contributed by atoms with Gasteiger partial charge in [-0.3, -0.25) is 10.1 Å². The number of rotatable bonds is 3. The van der Waals surface area contributed by atoms with E-state index in [0.717, 1.165) is 37.4 Å². The van der Waals surface area contributed by atoms with Gasteiger partial charge in [0.25, 0.3) is 5.91 Å². The Morgan fingerprint density at radius 2 is 2.00 bits per heavy atom. The highest BCUT2D eigenvalue weighted by Crippen LogP contribution is 2.23. The van der Waals surface area contributed by atoms with Crippen LogP contribution < -0.4 is 10.6 Å². The fourth-order valence-corrected chi connectivity index (χ4v) is 2.77. The highest BCUT2D eigenvalue weighted by atomic mass is 35.5. The molecule has 1 aliphatic rings. The van der Waals surface area contributed by atoms with Crippen molar-refractivity contribution in [2.24, 2.45) is 14.1 Å². The molecule has 3 heterocycles. The third-order valence-corrected chi connectivity index (χ3v) is 4.31. The molecule has 2 N–H and O–H groups in total. The summed E-state index contributed by atoms with van der Waals surface area (Å²) < 4.78 is 3.50. The summed E-state index contributed by atoms with van der Waals surface area (Å²) in [4.78, 5) is 16.9. The normalized spacial score (nSPS) is 15.3. The lowest BCUT2D eigenvalue weighted by atomic mass is 9.98. The standard InChI is InChI=1S/C15H22N6O.ClH/c1-10-4-5-12(20(10)2)14(22)18-15-17-13(19-21(15)3)11-6-8-16-9-7-11;/h4-5,11,16H,6-9H2,1-3H3,(H,17,18,19,22);1H. The molecule has 2 aromatic rings. The van der Waals surface area contributed by atoms with E-state index in [0.29, 0.717) is 17.6 Å². The minimum Gasteiger partial charge on any atom is -0.344 e. The Morgan fingerprint density at radius 3 is 2.61 bits per heavy atom. The molecule has 1 amide bonds. The van der Waals surface area contributed by atoms with Crippen molar-refractivity contribution in [2.45, 2.75) is 25.7 Å². The first-order chi connectivity index (χ1) is 10.6. The molecule has 8 heteroatoms. The maximum Gasteiger partial charge on any atom is 0.274 e. The first kappa shape index (κ1) is 17.5. The van der Waals surface area contributed by atoms with Gasteiger partial charge in [-0.15, -0.1) is 12.4 Å². The van der Waals surface area contributed by atoms with Gasteiger partial charge in [-0.2, -0.15) is 10.1 Å². The summed E-state index contributed by atoms with van der Waals surface area (Å²) in [6.45, 7) is 3.95. The van der Waals surface area contributed by atoms with Crippen LogP contribution in [0.1, 0.15) is 40.8 Å². The molecule has 3 rings (SSSR count). The number of piperidine rings is 1. The van der Waals surface area contributed by atoms with Crippen LogP contribution in [0.5, 0.6) is 0 Å². The number of anilines is 1. The molecule has 0 bridgehead atoms. The Kier molecular flexibility index (Phi) is 5.43. The second kappa shape index (κ2) is 7.14. The van der Waals surface area contributed by atoms with E-state index in [4.69, 9.17) is 0 Å². The number of amides is 1. The van der Waals surface area contributed by atoms with Crippen LogP contribution in [0.15, 0.2) is 12.1 Å². The maximum absolute atomic E-state index is 12.4. The van der Waals surface area contributed by atoms with Crippen LogP contribution >= 0.6 is 12.4 Å². The lowest BCUT2D eigenvalue weighted by Gasteiger charge is -2.19. The van der Waals surface area contributed by atoms with E-state index < -0.39 is 0 Å². The highest BCUT2D eigenvalue weighted by molar-refractivity contribution is 6.02. The molecule has 0 spiro atoms. The number of halogens is 1. The molecule has 126 valence electrons. The van der Waals surface area contributed by atoms with Crippen LogP contribution in [-0.4, -0.2) is 38.3 Å². The topological polar surface area (TPSA) is 76.8 Å². The fourth-order valence-electron chi connectivity index (χ4n) is 2.77. The molecule has 0 aromatic carbocycles. The molecule has 0 unspecified atom stereocenters. The first-order valence-electron chi connectivity index (χ1n) is 7.61. The Morgan fingerprint density at radius 1 is 1.30 bits per heavy atom. The number of hydrogen-bond acceptors (Lipinski definition) is 4. The first-order valence-corrected chi connectivity index (χ1v) is 7.61. The van der Waals surface area contributed by atoms with Crippen molar-refractivity contribution in [1.29, 1.82) is 0 Å². The Labute approximate surface area is 141 Å². The minimum absolute atomic E-state index is 0. The smallest absolute Gasteiger partial charge is 0.274 e. The second-order valence-corrected chi connectivity index (χ2v) is 5.81. The Bertz CT molecular complexity index is 686. The Hall–Kier alpha value is -1.86. The van der Waals surface area contributed by atoms with E-state index in [1.807, 2.05) is 37.7 Å². The van der Waals surface area contributed by atoms with E-state index in [1.54, 1.807) is 4.68 Å². The molecule has 1 saturated heterocycles. The van der Waals surface area contributed by atoms with E-state index in [9.17, 15) is 4.79 Å². The maximum atomic E-state index is 12.4. The number of aryl methyl sites for hydroxylation is 2. The zero-order valence-electron chi connectivity index (χ0n) is 13.7. The molecule has 2 aromatic heterocycles. The number of hydrogen-bond donors (Lipinski definition) is 2. The average molecular weight is 339 g/mol. The van der Waals surface area contributed by atoms with Gasteiger partial charge in [0.2, 0.25) is 5.95 Å². The summed E-state index contributed by atoms with van der Waals surface area (Å²) in [5.74, 6) is 1.53. The summed E-state index contributed by atoms with van der Waals surface area (Å²) in [6.07, 6.45) is 2.07. The summed E-state index contributed by atoms with van der Waals surface area (Å²) in [5.41, 5.74) is 1.66. The van der Waals surface area contributed by atoms with Gasteiger partial charge in [-0.05, 0) is 45.0 Å². The average Bonchev–Trinajstić information content (AvgIpc) is 3.04. The number of carbonyl (C=O) groups excluding carboxylic acids is 1. The Balaban J connectivity index is 0.00000192. The number of aromatic nitrogens is 4. The van der Waals surface area contributed by atoms with Gasteiger partial charge in [0.05, 0.1) is 0 Å². The van der Waals surface area contributed by atoms with Gasteiger partial charge in [-0.25, -0.2) is 4.68 Å². The third-order valence-electron chi connectivity index (χ3n) is 4.31. The number of nitrogens with one attached hydrogen (secondary N) is 2. The monoisotopic (exact) mass is 338 g/mol. The number of nitrogens with zero attached hydrogens (tertiary/aromatic N) is 4. The zero-order chi connectivity index (χ0) is 15.7. The molecular weight excluding hydrogens is 316 g/mol. The van der Waals surface area contributed by atoms with Crippen molar-refractivity contribution in [1.82, 2.24) is 24.6 Å². The quantitative estimate of drug-likeness (QED) is 0.891. The van der Waals surface area contributed by atoms with E-state index >= 15 is 0 Å². The van der Waals surface area contributed by atoms with E-state index in [2.05, 4.69) is 20.7 Å². The second-order valence-electron chi connectivity index (χ2n) is 5.81. The van der Waals surface area contributed by atoms with Crippen molar-refractivity contribution in [2.75, 3.05) is 18.4 Å². The summed E-state index contributed by atoms with van der Waals surface area (Å²) in [5, 5.41) is 10.7. The predicted octanol–water partition coefficient (Wildman–Crippen LogP) is 1.60. The van der Waals surface area contributed by atoms with Gasteiger partial charge in [-0.1, -0.05) is 0 Å². The van der Waals surface area contributed by atoms with Gasteiger partial charge >= 0.3 is 0 Å². The molecule has 0 saturated carbocycles. The van der Waals surface area contributed by atoms with Crippen molar-refractivity contribution < 1.29 is 4.79 Å². The lowest BCUT2D eigenvalue weighted by Crippen LogP contribution is -2.27.